The van der Waals surface area contributed by atoms with Crippen molar-refractivity contribution in [3.8, 4) is 45.3 Å². The van der Waals surface area contributed by atoms with Crippen molar-refractivity contribution < 1.29 is 38.4 Å². The van der Waals surface area contributed by atoms with Gasteiger partial charge in [0, 0.05) is 96.4 Å². The Kier molecular flexibility index (Phi) is 14.4. The molecule has 424 valence electrons. The van der Waals surface area contributed by atoms with Crippen LogP contribution in [0, 0.1) is 25.6 Å². The number of hydrogen-bond donors (Lipinski definition) is 5. The summed E-state index contributed by atoms with van der Waals surface area (Å²) in [5.41, 5.74) is 10.0. The van der Waals surface area contributed by atoms with Gasteiger partial charge in [0.15, 0.2) is 5.75 Å². The van der Waals surface area contributed by atoms with Gasteiger partial charge in [0.1, 0.15) is 47.6 Å². The maximum Gasteiger partial charge on any atom is 0.319 e. The van der Waals surface area contributed by atoms with Gasteiger partial charge in [0.05, 0.1) is 49.9 Å². The SMILES string of the molecule is Cc1ccncc1-c1ccc([C@H](CO)NC(=O)[C@@H]2C[C@@H](O)CN2C(=O)[C@H](C(C)C)n2cc(-c3ccc(COc4c(-c5c(C)c(F)cc6[nH]ncc56)c(C5CC5)cc5c(N6C[C@@H]7C[C@H]6CN7)nc(OC6CCOCC6)nc45)cc3)nn2)cc1. The number of aromatic amines is 1. The Morgan fingerprint density at radius 1 is 0.927 bits per heavy atom. The molecule has 4 aliphatic heterocycles. The van der Waals surface area contributed by atoms with Crippen molar-refractivity contribution in [2.75, 3.05) is 44.4 Å². The Hall–Kier alpha value is -7.91. The number of aryl methyl sites for hydroxylation is 1. The molecule has 0 radical (unpaired) electrons. The van der Waals surface area contributed by atoms with Crippen LogP contribution in [-0.2, 0) is 20.9 Å². The minimum Gasteiger partial charge on any atom is -0.486 e. The largest absolute Gasteiger partial charge is 0.486 e. The number of rotatable bonds is 17. The summed E-state index contributed by atoms with van der Waals surface area (Å²) in [7, 11) is 0. The third-order valence-electron chi connectivity index (χ3n) is 17.3. The lowest BCUT2D eigenvalue weighted by Crippen LogP contribution is -2.50. The summed E-state index contributed by atoms with van der Waals surface area (Å²) in [5, 5.41) is 46.0. The van der Waals surface area contributed by atoms with Crippen LogP contribution in [0.3, 0.4) is 0 Å². The summed E-state index contributed by atoms with van der Waals surface area (Å²) in [6.07, 6.45) is 10.4. The number of pyridine rings is 1. The van der Waals surface area contributed by atoms with E-state index >= 15 is 4.39 Å². The topological polar surface area (TPSA) is 231 Å². The fourth-order valence-corrected chi connectivity index (χ4v) is 12.7. The third-order valence-corrected chi connectivity index (χ3v) is 17.3. The fraction of sp³-hybridized carbons (Fsp3) is 0.419. The van der Waals surface area contributed by atoms with Gasteiger partial charge in [0.2, 0.25) is 11.8 Å². The number of nitrogens with one attached hydrogen (secondary N) is 3. The molecule has 0 unspecified atom stereocenters. The predicted octanol–water partition coefficient (Wildman–Crippen LogP) is 7.82. The quantitative estimate of drug-likeness (QED) is 0.0585. The van der Waals surface area contributed by atoms with Crippen LogP contribution in [-0.4, -0.2) is 137 Å². The van der Waals surface area contributed by atoms with E-state index in [2.05, 4.69) is 47.1 Å². The maximum absolute atomic E-state index is 16.2. The van der Waals surface area contributed by atoms with E-state index in [1.807, 2.05) is 82.3 Å². The number of aliphatic hydroxyl groups excluding tert-OH is 2. The minimum absolute atomic E-state index is 0.0394. The number of amides is 2. The van der Waals surface area contributed by atoms with Gasteiger partial charge in [-0.15, -0.1) is 5.10 Å². The molecule has 1 aliphatic carbocycles. The number of β-amino-alcohol motifs (C(OH)–C–C–N with tert-alkyl or cyclic N) is 1. The summed E-state index contributed by atoms with van der Waals surface area (Å²) < 4.78 is 37.2. The van der Waals surface area contributed by atoms with Crippen LogP contribution < -0.4 is 25.0 Å². The Morgan fingerprint density at radius 3 is 2.44 bits per heavy atom. The fourth-order valence-electron chi connectivity index (χ4n) is 12.7. The van der Waals surface area contributed by atoms with Gasteiger partial charge in [-0.25, -0.2) is 9.07 Å². The molecule has 5 fully saturated rings. The molecule has 19 nitrogen and oxygen atoms in total. The van der Waals surface area contributed by atoms with Crippen LogP contribution in [0.15, 0.2) is 91.5 Å². The zero-order valence-electron chi connectivity index (χ0n) is 46.4. The Morgan fingerprint density at radius 2 is 1.72 bits per heavy atom. The number of ether oxygens (including phenoxy) is 3. The second-order valence-corrected chi connectivity index (χ2v) is 23.1. The highest BCUT2D eigenvalue weighted by Gasteiger charge is 2.44. The van der Waals surface area contributed by atoms with Crippen LogP contribution in [0.5, 0.6) is 11.8 Å². The lowest BCUT2D eigenvalue weighted by molar-refractivity contribution is -0.142. The monoisotopic (exact) mass is 1110 g/mol. The number of aromatic nitrogens is 8. The highest BCUT2D eigenvalue weighted by Crippen LogP contribution is 2.53. The molecule has 8 heterocycles. The number of carbonyl (C=O) groups is 2. The average molecular weight is 1110 g/mol. The van der Waals surface area contributed by atoms with Gasteiger partial charge < -0.3 is 44.9 Å². The summed E-state index contributed by atoms with van der Waals surface area (Å²) in [6.45, 7) is 10.2. The number of carbonyl (C=O) groups excluding carboxylic acids is 2. The van der Waals surface area contributed by atoms with Gasteiger partial charge in [-0.05, 0) is 96.5 Å². The molecule has 2 bridgehead atoms. The molecule has 4 aromatic heterocycles. The molecule has 6 atom stereocenters. The first-order valence-electron chi connectivity index (χ1n) is 28.7. The molecule has 20 heteroatoms. The highest BCUT2D eigenvalue weighted by atomic mass is 19.1. The molecule has 5 N–H and O–H groups in total. The summed E-state index contributed by atoms with van der Waals surface area (Å²) in [4.78, 5) is 47.2. The second-order valence-electron chi connectivity index (χ2n) is 23.1. The maximum atomic E-state index is 16.2. The van der Waals surface area contributed by atoms with Crippen molar-refractivity contribution in [2.45, 2.75) is 121 Å². The molecule has 1 saturated carbocycles. The number of fused-ring (bicyclic) bond motifs is 4. The van der Waals surface area contributed by atoms with E-state index in [-0.39, 0.29) is 67.9 Å². The van der Waals surface area contributed by atoms with Gasteiger partial charge in [-0.1, -0.05) is 67.6 Å². The highest BCUT2D eigenvalue weighted by molar-refractivity contribution is 6.06. The molecular weight excluding hydrogens is 1040 g/mol. The van der Waals surface area contributed by atoms with E-state index in [0.717, 1.165) is 101 Å². The van der Waals surface area contributed by atoms with Gasteiger partial charge in [-0.3, -0.25) is 19.7 Å². The van der Waals surface area contributed by atoms with Gasteiger partial charge in [0.25, 0.3) is 0 Å². The minimum atomic E-state index is -0.984. The number of nitrogens with zero attached hydrogens (tertiary/aromatic N) is 9. The first-order chi connectivity index (χ1) is 39.9. The molecule has 2 amide bonds. The van der Waals surface area contributed by atoms with Crippen molar-refractivity contribution in [3.05, 3.63) is 125 Å². The van der Waals surface area contributed by atoms with Crippen molar-refractivity contribution in [3.63, 3.8) is 0 Å². The van der Waals surface area contributed by atoms with Crippen molar-refractivity contribution in [1.29, 1.82) is 0 Å². The van der Waals surface area contributed by atoms with E-state index in [0.29, 0.717) is 58.4 Å². The lowest BCUT2D eigenvalue weighted by Gasteiger charge is -2.31. The standard InChI is InChI=1S/C62H67FN12O7/c1-33(2)57(61(79)74-29-43(77)22-53(74)60(78)67-52(31-76)40-13-11-38(12-14-40)47-26-64-18-15-34(47)3)75-30-51(71-72-75)39-7-5-36(6-8-39)32-81-58-55(54-35(4)49(63)24-50-48(54)27-66-70-50)45(37-9-10-37)23-46-56(58)68-62(82-44-16-19-80-20-17-44)69-59(46)73-28-41-21-42(73)25-65-41/h5-8,11-15,18,23-24,26-27,30,33,37,41-44,52-53,57,65,76-77H,9-10,16-17,19-22,25,28-29,31-32H2,1-4H3,(H,66,70)(H,67,78)/t41-,42-,43+,52-,53-,57-/m0/s1. The number of anilines is 1. The van der Waals surface area contributed by atoms with Crippen molar-refractivity contribution >= 4 is 39.4 Å². The Labute approximate surface area is 473 Å². The lowest BCUT2D eigenvalue weighted by atomic mass is 9.88. The summed E-state index contributed by atoms with van der Waals surface area (Å²) in [5.74, 6) is 0.0737. The van der Waals surface area contributed by atoms with Crippen molar-refractivity contribution in [2.24, 2.45) is 5.92 Å². The molecular formula is C62H67FN12O7. The number of H-pyrrole nitrogens is 1. The van der Waals surface area contributed by atoms with E-state index in [1.54, 1.807) is 24.8 Å². The number of aliphatic hydroxyl groups is 2. The molecule has 4 saturated heterocycles. The van der Waals surface area contributed by atoms with E-state index < -0.39 is 30.1 Å². The zero-order chi connectivity index (χ0) is 56.3. The Bertz CT molecular complexity index is 3690. The first kappa shape index (κ1) is 53.4. The smallest absolute Gasteiger partial charge is 0.319 e. The van der Waals surface area contributed by atoms with Crippen LogP contribution >= 0.6 is 0 Å². The first-order valence-corrected chi connectivity index (χ1v) is 28.7. The average Bonchev–Trinajstić information content (AvgIpc) is 4.17. The van der Waals surface area contributed by atoms with Crippen LogP contribution in [0.4, 0.5) is 10.2 Å². The number of benzene rings is 4. The molecule has 0 spiro atoms. The van der Waals surface area contributed by atoms with Crippen molar-refractivity contribution in [1.82, 2.24) is 55.7 Å². The summed E-state index contributed by atoms with van der Waals surface area (Å²) in [6, 6.07) is 19.3. The molecule has 5 aliphatic rings. The number of hydrogen-bond acceptors (Lipinski definition) is 15. The third kappa shape index (κ3) is 10.2. The molecule has 8 aromatic rings. The van der Waals surface area contributed by atoms with E-state index in [1.165, 1.54) is 15.6 Å². The number of halogens is 1. The molecule has 82 heavy (non-hydrogen) atoms. The second kappa shape index (κ2) is 22.1. The van der Waals surface area contributed by atoms with E-state index in [4.69, 9.17) is 24.2 Å². The molecule has 4 aromatic carbocycles. The summed E-state index contributed by atoms with van der Waals surface area (Å²) >= 11 is 0. The zero-order valence-corrected chi connectivity index (χ0v) is 46.4. The predicted molar refractivity (Wildman–Crippen MR) is 305 cm³/mol. The Balaban J connectivity index is 0.781. The molecule has 13 rings (SSSR count). The van der Waals surface area contributed by atoms with E-state index in [9.17, 15) is 19.8 Å². The van der Waals surface area contributed by atoms with Crippen LogP contribution in [0.2, 0.25) is 0 Å². The van der Waals surface area contributed by atoms with Crippen LogP contribution in [0.1, 0.15) is 98.2 Å². The van der Waals surface area contributed by atoms with Crippen LogP contribution in [0.25, 0.3) is 55.3 Å². The number of likely N-dealkylation sites (tertiary alicyclic amines) is 1. The van der Waals surface area contributed by atoms with Gasteiger partial charge in [-0.2, -0.15) is 15.1 Å². The number of piperazine rings is 1. The normalized spacial score (nSPS) is 20.8. The van der Waals surface area contributed by atoms with Gasteiger partial charge >= 0.3 is 6.01 Å².